The topological polar surface area (TPSA) is 124 Å². The number of carboxylic acids is 2. The molecule has 0 aliphatic rings. The minimum absolute atomic E-state index is 0. The SMILES string of the molecule is CCCCC(CC)CS(=O)(=O)OC(CC(=O)[O-])C(=O)[O-].[Na+].[Na+]. The molecule has 0 aliphatic carbocycles. The number of hydrogen-bond acceptors (Lipinski definition) is 7. The minimum Gasteiger partial charge on any atom is -0.550 e. The van der Waals surface area contributed by atoms with Crippen molar-refractivity contribution >= 4 is 22.1 Å². The molecular formula is C12H20Na2O7S. The molecule has 0 N–H and O–H groups in total. The first-order valence-electron chi connectivity index (χ1n) is 6.53. The van der Waals surface area contributed by atoms with Crippen LogP contribution in [0.5, 0.6) is 0 Å². The molecular weight excluding hydrogens is 334 g/mol. The molecule has 2 unspecified atom stereocenters. The van der Waals surface area contributed by atoms with Crippen molar-refractivity contribution in [1.82, 2.24) is 0 Å². The van der Waals surface area contributed by atoms with Gasteiger partial charge in [0.1, 0.15) is 6.10 Å². The van der Waals surface area contributed by atoms with Crippen LogP contribution in [0.15, 0.2) is 0 Å². The Kier molecular flexibility index (Phi) is 17.9. The summed E-state index contributed by atoms with van der Waals surface area (Å²) in [5.74, 6) is -4.09. The van der Waals surface area contributed by atoms with Gasteiger partial charge in [-0.15, -0.1) is 0 Å². The summed E-state index contributed by atoms with van der Waals surface area (Å²) in [5, 5.41) is 21.0. The molecule has 118 valence electrons. The zero-order valence-electron chi connectivity index (χ0n) is 13.7. The van der Waals surface area contributed by atoms with Crippen molar-refractivity contribution in [2.75, 3.05) is 5.75 Å². The van der Waals surface area contributed by atoms with E-state index in [4.69, 9.17) is 0 Å². The Morgan fingerprint density at radius 3 is 2.05 bits per heavy atom. The summed E-state index contributed by atoms with van der Waals surface area (Å²) in [5.41, 5.74) is 0. The molecule has 0 fully saturated rings. The second-order valence-electron chi connectivity index (χ2n) is 4.62. The minimum atomic E-state index is -4.13. The molecule has 0 saturated carbocycles. The summed E-state index contributed by atoms with van der Waals surface area (Å²) in [7, 11) is -4.13. The first-order valence-corrected chi connectivity index (χ1v) is 8.11. The van der Waals surface area contributed by atoms with Gasteiger partial charge in [0, 0.05) is 12.4 Å². The van der Waals surface area contributed by atoms with Gasteiger partial charge in [0.05, 0.1) is 11.7 Å². The van der Waals surface area contributed by atoms with Crippen LogP contribution in [0.2, 0.25) is 0 Å². The second-order valence-corrected chi connectivity index (χ2v) is 6.26. The maximum Gasteiger partial charge on any atom is 1.00 e. The average molecular weight is 354 g/mol. The second kappa shape index (κ2) is 14.2. The standard InChI is InChI=1S/C12H22O7S.2Na/c1-3-5-6-9(4-2)8-20(17,18)19-10(12(15)16)7-11(13)14;;/h9-10H,3-8H2,1-2H3,(H,13,14)(H,15,16);;/q;2*+1/p-2. The van der Waals surface area contributed by atoms with E-state index in [-0.39, 0.29) is 70.8 Å². The van der Waals surface area contributed by atoms with E-state index < -0.39 is 34.6 Å². The van der Waals surface area contributed by atoms with E-state index in [9.17, 15) is 28.2 Å². The van der Waals surface area contributed by atoms with Gasteiger partial charge in [-0.1, -0.05) is 33.1 Å². The van der Waals surface area contributed by atoms with Gasteiger partial charge in [-0.3, -0.25) is 4.18 Å². The summed E-state index contributed by atoms with van der Waals surface area (Å²) >= 11 is 0. The molecule has 0 saturated heterocycles. The van der Waals surface area contributed by atoms with E-state index in [0.29, 0.717) is 12.8 Å². The van der Waals surface area contributed by atoms with Crippen molar-refractivity contribution in [1.29, 1.82) is 0 Å². The fourth-order valence-electron chi connectivity index (χ4n) is 1.71. The average Bonchev–Trinajstić information content (AvgIpc) is 2.32. The molecule has 0 amide bonds. The summed E-state index contributed by atoms with van der Waals surface area (Å²) in [6, 6.07) is 0. The Labute approximate surface area is 175 Å². The van der Waals surface area contributed by atoms with E-state index in [1.807, 2.05) is 13.8 Å². The summed E-state index contributed by atoms with van der Waals surface area (Å²) in [6.45, 7) is 3.80. The van der Waals surface area contributed by atoms with Crippen molar-refractivity contribution in [3.05, 3.63) is 0 Å². The maximum atomic E-state index is 11.7. The van der Waals surface area contributed by atoms with Gasteiger partial charge < -0.3 is 19.8 Å². The van der Waals surface area contributed by atoms with E-state index in [1.165, 1.54) is 0 Å². The number of aliphatic carboxylic acids is 2. The quantitative estimate of drug-likeness (QED) is 0.267. The third-order valence-electron chi connectivity index (χ3n) is 2.86. The molecule has 0 aromatic rings. The maximum absolute atomic E-state index is 11.7. The normalized spacial score (nSPS) is 13.4. The first kappa shape index (κ1) is 27.7. The molecule has 0 spiro atoms. The number of hydrogen-bond donors (Lipinski definition) is 0. The smallest absolute Gasteiger partial charge is 0.550 e. The molecule has 7 nitrogen and oxygen atoms in total. The van der Waals surface area contributed by atoms with Crippen LogP contribution >= 0.6 is 0 Å². The first-order chi connectivity index (χ1) is 9.21. The molecule has 0 aromatic heterocycles. The van der Waals surface area contributed by atoms with Crippen LogP contribution in [0, 0.1) is 5.92 Å². The predicted octanol–water partition coefficient (Wildman–Crippen LogP) is -7.18. The van der Waals surface area contributed by atoms with E-state index >= 15 is 0 Å². The molecule has 10 heteroatoms. The van der Waals surface area contributed by atoms with Crippen LogP contribution < -0.4 is 69.3 Å². The molecule has 0 aliphatic heterocycles. The van der Waals surface area contributed by atoms with Crippen LogP contribution in [0.25, 0.3) is 0 Å². The Balaban J connectivity index is -0.00000180. The Morgan fingerprint density at radius 2 is 1.68 bits per heavy atom. The molecule has 22 heavy (non-hydrogen) atoms. The zero-order valence-corrected chi connectivity index (χ0v) is 18.5. The van der Waals surface area contributed by atoms with Crippen molar-refractivity contribution in [2.24, 2.45) is 5.92 Å². The number of carbonyl (C=O) groups is 2. The predicted molar refractivity (Wildman–Crippen MR) is 66.6 cm³/mol. The number of rotatable bonds is 11. The van der Waals surface area contributed by atoms with Crippen molar-refractivity contribution in [2.45, 2.75) is 52.1 Å². The van der Waals surface area contributed by atoms with Gasteiger partial charge in [0.25, 0.3) is 10.1 Å². The van der Waals surface area contributed by atoms with Gasteiger partial charge in [-0.2, -0.15) is 8.42 Å². The van der Waals surface area contributed by atoms with Gasteiger partial charge in [0.2, 0.25) is 0 Å². The van der Waals surface area contributed by atoms with Crippen LogP contribution in [0.3, 0.4) is 0 Å². The van der Waals surface area contributed by atoms with Crippen LogP contribution in [-0.2, 0) is 23.9 Å². The fourth-order valence-corrected chi connectivity index (χ4v) is 3.27. The molecule has 0 heterocycles. The Bertz CT molecular complexity index is 425. The van der Waals surface area contributed by atoms with Crippen molar-refractivity contribution < 1.29 is 91.5 Å². The van der Waals surface area contributed by atoms with Gasteiger partial charge >= 0.3 is 59.1 Å². The molecule has 0 radical (unpaired) electrons. The van der Waals surface area contributed by atoms with Crippen LogP contribution in [0.4, 0.5) is 0 Å². The number of unbranched alkanes of at least 4 members (excludes halogenated alkanes) is 1. The zero-order chi connectivity index (χ0) is 15.8. The Morgan fingerprint density at radius 1 is 1.14 bits per heavy atom. The van der Waals surface area contributed by atoms with Crippen molar-refractivity contribution in [3.63, 3.8) is 0 Å². The molecule has 0 rings (SSSR count). The number of carboxylic acid groups (broad SMARTS) is 2. The third kappa shape index (κ3) is 13.3. The van der Waals surface area contributed by atoms with Crippen LogP contribution in [0.1, 0.15) is 46.0 Å². The summed E-state index contributed by atoms with van der Waals surface area (Å²) in [6.07, 6.45) is -0.0344. The summed E-state index contributed by atoms with van der Waals surface area (Å²) in [4.78, 5) is 21.0. The molecule has 0 bridgehead atoms. The van der Waals surface area contributed by atoms with E-state index in [1.54, 1.807) is 0 Å². The number of carbonyl (C=O) groups excluding carboxylic acids is 2. The van der Waals surface area contributed by atoms with Gasteiger partial charge in [0.15, 0.2) is 0 Å². The molecule has 0 aromatic carbocycles. The monoisotopic (exact) mass is 354 g/mol. The van der Waals surface area contributed by atoms with Crippen LogP contribution in [-0.4, -0.2) is 32.2 Å². The van der Waals surface area contributed by atoms with Crippen molar-refractivity contribution in [3.8, 4) is 0 Å². The van der Waals surface area contributed by atoms with Gasteiger partial charge in [-0.05, 0) is 12.3 Å². The largest absolute Gasteiger partial charge is 1.00 e. The van der Waals surface area contributed by atoms with E-state index in [0.717, 1.165) is 12.8 Å². The van der Waals surface area contributed by atoms with E-state index in [2.05, 4.69) is 4.18 Å². The summed E-state index contributed by atoms with van der Waals surface area (Å²) < 4.78 is 27.9. The van der Waals surface area contributed by atoms with Gasteiger partial charge in [-0.25, -0.2) is 0 Å². The molecule has 2 atom stereocenters. The third-order valence-corrected chi connectivity index (χ3v) is 4.27. The fraction of sp³-hybridized carbons (Fsp3) is 0.833. The Hall–Kier alpha value is 0.850.